The maximum Gasteiger partial charge on any atom is 0.454 e. The molecule has 0 fully saturated rings. The molecule has 0 saturated heterocycles. The Kier molecular flexibility index (Phi) is 4.74. The molecule has 110 valence electrons. The fourth-order valence-corrected chi connectivity index (χ4v) is 1.88. The van der Waals surface area contributed by atoms with Crippen LogP contribution in [-0.2, 0) is 4.79 Å². The normalized spacial score (nSPS) is 11.3. The number of hydrogen-bond donors (Lipinski definition) is 1. The molecular weight excluding hydrogens is 348 g/mol. The van der Waals surface area contributed by atoms with Crippen molar-refractivity contribution < 1.29 is 27.2 Å². The van der Waals surface area contributed by atoms with Crippen LogP contribution in [0.2, 0.25) is 0 Å². The molecule has 0 atom stereocenters. The van der Waals surface area contributed by atoms with Crippen molar-refractivity contribution in [3.63, 3.8) is 0 Å². The summed E-state index contributed by atoms with van der Waals surface area (Å²) in [7, 11) is 1.16. The van der Waals surface area contributed by atoms with E-state index in [9.17, 15) is 27.2 Å². The summed E-state index contributed by atoms with van der Waals surface area (Å²) < 4.78 is 51.3. The van der Waals surface area contributed by atoms with Gasteiger partial charge in [0.2, 0.25) is 5.91 Å². The Morgan fingerprint density at radius 1 is 1.35 bits per heavy atom. The number of alkyl halides is 3. The Balaban J connectivity index is 3.43. The molecule has 0 heterocycles. The summed E-state index contributed by atoms with van der Waals surface area (Å²) in [6.07, 6.45) is -5.15. The second-order valence-electron chi connectivity index (χ2n) is 3.91. The lowest BCUT2D eigenvalue weighted by Crippen LogP contribution is -2.33. The molecule has 0 aliphatic rings. The molecule has 1 aromatic rings. The predicted molar refractivity (Wildman–Crippen MR) is 66.9 cm³/mol. The van der Waals surface area contributed by atoms with Crippen LogP contribution in [0.1, 0.15) is 10.4 Å². The third-order valence-electron chi connectivity index (χ3n) is 2.35. The minimum Gasteiger partial charge on any atom is -0.368 e. The van der Waals surface area contributed by atoms with Crippen molar-refractivity contribution in [2.45, 2.75) is 6.18 Å². The van der Waals surface area contributed by atoms with Gasteiger partial charge in [-0.05, 0) is 28.1 Å². The molecule has 0 aliphatic carbocycles. The van der Waals surface area contributed by atoms with Crippen molar-refractivity contribution in [3.05, 3.63) is 28.0 Å². The van der Waals surface area contributed by atoms with Crippen molar-refractivity contribution in [3.8, 4) is 0 Å². The molecule has 0 bridgehead atoms. The highest BCUT2D eigenvalue weighted by molar-refractivity contribution is 9.10. The quantitative estimate of drug-likeness (QED) is 0.664. The molecular formula is C11H9BrF4N2O2. The predicted octanol–water partition coefficient (Wildman–Crippen LogP) is 2.25. The molecule has 0 spiro atoms. The number of rotatable bonds is 4. The number of carbonyl (C=O) groups is 2. The van der Waals surface area contributed by atoms with Crippen molar-refractivity contribution in [2.75, 3.05) is 18.5 Å². The number of nitrogens with two attached hydrogens (primary N) is 1. The number of ketones is 1. The first kappa shape index (κ1) is 16.4. The Hall–Kier alpha value is -1.64. The van der Waals surface area contributed by atoms with Crippen LogP contribution in [0, 0.1) is 5.82 Å². The average Bonchev–Trinajstić information content (AvgIpc) is 2.29. The number of carbonyl (C=O) groups excluding carboxylic acids is 2. The van der Waals surface area contributed by atoms with E-state index in [0.717, 1.165) is 24.1 Å². The van der Waals surface area contributed by atoms with E-state index in [1.165, 1.54) is 0 Å². The van der Waals surface area contributed by atoms with Crippen LogP contribution in [0.4, 0.5) is 23.2 Å². The van der Waals surface area contributed by atoms with Crippen LogP contribution in [0.15, 0.2) is 16.6 Å². The van der Waals surface area contributed by atoms with Crippen LogP contribution in [0.3, 0.4) is 0 Å². The first-order valence-corrected chi connectivity index (χ1v) is 5.94. The molecule has 1 aromatic carbocycles. The fraction of sp³-hybridized carbons (Fsp3) is 0.273. The number of hydrogen-bond acceptors (Lipinski definition) is 3. The van der Waals surface area contributed by atoms with Gasteiger partial charge in [-0.15, -0.1) is 0 Å². The van der Waals surface area contributed by atoms with Gasteiger partial charge in [0.15, 0.2) is 5.82 Å². The third-order valence-corrected chi connectivity index (χ3v) is 2.96. The van der Waals surface area contributed by atoms with E-state index in [0.29, 0.717) is 0 Å². The Morgan fingerprint density at radius 3 is 2.35 bits per heavy atom. The van der Waals surface area contributed by atoms with Gasteiger partial charge in [-0.2, -0.15) is 13.2 Å². The summed E-state index contributed by atoms with van der Waals surface area (Å²) in [5.74, 6) is -4.16. The molecule has 0 saturated carbocycles. The van der Waals surface area contributed by atoms with Gasteiger partial charge in [0.05, 0.1) is 22.3 Å². The number of halogens is 5. The first-order chi connectivity index (χ1) is 9.05. The highest BCUT2D eigenvalue weighted by atomic mass is 79.9. The molecule has 20 heavy (non-hydrogen) atoms. The van der Waals surface area contributed by atoms with E-state index in [1.807, 2.05) is 0 Å². The second kappa shape index (κ2) is 5.78. The number of primary amides is 1. The molecule has 4 nitrogen and oxygen atoms in total. The van der Waals surface area contributed by atoms with E-state index < -0.39 is 41.5 Å². The fourth-order valence-electron chi connectivity index (χ4n) is 1.56. The number of Topliss-reactive ketones (excluding diaryl/α,β-unsaturated/α-hetero) is 1. The molecule has 0 aliphatic heterocycles. The van der Waals surface area contributed by atoms with Gasteiger partial charge in [-0.1, -0.05) is 0 Å². The maximum absolute atomic E-state index is 14.0. The molecule has 0 unspecified atom stereocenters. The van der Waals surface area contributed by atoms with Crippen LogP contribution in [0.5, 0.6) is 0 Å². The number of likely N-dealkylation sites (N-methyl/N-ethyl adjacent to an activating group) is 1. The van der Waals surface area contributed by atoms with Crippen LogP contribution in [-0.4, -0.2) is 31.5 Å². The van der Waals surface area contributed by atoms with Gasteiger partial charge >= 0.3 is 6.18 Å². The number of anilines is 1. The Labute approximate surface area is 119 Å². The molecule has 0 radical (unpaired) electrons. The molecule has 1 rings (SSSR count). The lowest BCUT2D eigenvalue weighted by molar-refractivity contribution is -0.116. The van der Waals surface area contributed by atoms with E-state index in [2.05, 4.69) is 15.9 Å². The number of benzene rings is 1. The smallest absolute Gasteiger partial charge is 0.368 e. The first-order valence-electron chi connectivity index (χ1n) is 5.14. The van der Waals surface area contributed by atoms with Gasteiger partial charge in [-0.25, -0.2) is 4.39 Å². The van der Waals surface area contributed by atoms with Crippen molar-refractivity contribution in [1.29, 1.82) is 0 Å². The molecule has 0 aromatic heterocycles. The SMILES string of the molecule is CN(CC(N)=O)c1c(C(=O)C(F)(F)F)ccc(Br)c1F. The standard InChI is InChI=1S/C11H9BrF4N2O2/c1-18(4-7(17)19)9-5(10(20)11(14,15)16)2-3-6(12)8(9)13/h2-3H,4H2,1H3,(H2,17,19). The number of amides is 1. The van der Waals surface area contributed by atoms with E-state index >= 15 is 0 Å². The zero-order chi connectivity index (χ0) is 15.7. The summed E-state index contributed by atoms with van der Waals surface area (Å²) in [5.41, 5.74) is 3.38. The lowest BCUT2D eigenvalue weighted by Gasteiger charge is -2.22. The summed E-state index contributed by atoms with van der Waals surface area (Å²) in [6.45, 7) is -0.536. The van der Waals surface area contributed by atoms with Crippen molar-refractivity contribution in [2.24, 2.45) is 5.73 Å². The second-order valence-corrected chi connectivity index (χ2v) is 4.76. The number of nitrogens with zero attached hydrogens (tertiary/aromatic N) is 1. The zero-order valence-electron chi connectivity index (χ0n) is 10.1. The minimum atomic E-state index is -5.15. The monoisotopic (exact) mass is 356 g/mol. The Bertz CT molecular complexity index is 560. The zero-order valence-corrected chi connectivity index (χ0v) is 11.7. The van der Waals surface area contributed by atoms with Gasteiger partial charge < -0.3 is 10.6 Å². The van der Waals surface area contributed by atoms with Gasteiger partial charge in [0.1, 0.15) is 0 Å². The summed E-state index contributed by atoms with van der Waals surface area (Å²) in [4.78, 5) is 22.9. The van der Waals surface area contributed by atoms with Crippen LogP contribution in [0.25, 0.3) is 0 Å². The lowest BCUT2D eigenvalue weighted by atomic mass is 10.1. The topological polar surface area (TPSA) is 63.4 Å². The highest BCUT2D eigenvalue weighted by Gasteiger charge is 2.41. The molecule has 9 heteroatoms. The molecule has 1 amide bonds. The van der Waals surface area contributed by atoms with Crippen molar-refractivity contribution in [1.82, 2.24) is 0 Å². The summed E-state index contributed by atoms with van der Waals surface area (Å²) in [5, 5.41) is 0. The summed E-state index contributed by atoms with van der Waals surface area (Å²) in [6, 6.07) is 1.81. The summed E-state index contributed by atoms with van der Waals surface area (Å²) >= 11 is 2.80. The average molecular weight is 357 g/mol. The largest absolute Gasteiger partial charge is 0.454 e. The van der Waals surface area contributed by atoms with Gasteiger partial charge in [-0.3, -0.25) is 9.59 Å². The molecule has 2 N–H and O–H groups in total. The maximum atomic E-state index is 14.0. The minimum absolute atomic E-state index is 0.137. The van der Waals surface area contributed by atoms with Crippen LogP contribution < -0.4 is 10.6 Å². The third kappa shape index (κ3) is 3.47. The highest BCUT2D eigenvalue weighted by Crippen LogP contribution is 2.33. The van der Waals surface area contributed by atoms with E-state index in [1.54, 1.807) is 0 Å². The van der Waals surface area contributed by atoms with Gasteiger partial charge in [0, 0.05) is 7.05 Å². The van der Waals surface area contributed by atoms with Crippen molar-refractivity contribution >= 4 is 33.3 Å². The van der Waals surface area contributed by atoms with E-state index in [4.69, 9.17) is 5.73 Å². The Morgan fingerprint density at radius 2 is 1.90 bits per heavy atom. The van der Waals surface area contributed by atoms with E-state index in [-0.39, 0.29) is 4.47 Å². The van der Waals surface area contributed by atoms with Crippen LogP contribution >= 0.6 is 15.9 Å². The van der Waals surface area contributed by atoms with Gasteiger partial charge in [0.25, 0.3) is 5.78 Å².